The SMILES string of the molecule is CCCOC(=O)c1ccc(NC(=O)CN2CCC(C(=O)OCC)CC2)cc1. The maximum absolute atomic E-state index is 12.2. The highest BCUT2D eigenvalue weighted by Gasteiger charge is 2.26. The van der Waals surface area contributed by atoms with E-state index in [0.717, 1.165) is 6.42 Å². The van der Waals surface area contributed by atoms with Gasteiger partial charge in [-0.15, -0.1) is 0 Å². The number of hydrogen-bond donors (Lipinski definition) is 1. The van der Waals surface area contributed by atoms with Gasteiger partial charge in [-0.1, -0.05) is 6.92 Å². The van der Waals surface area contributed by atoms with Gasteiger partial charge in [0, 0.05) is 5.69 Å². The van der Waals surface area contributed by atoms with Crippen LogP contribution in [0.3, 0.4) is 0 Å². The molecule has 0 radical (unpaired) electrons. The molecule has 0 aromatic heterocycles. The smallest absolute Gasteiger partial charge is 0.338 e. The molecule has 0 unspecified atom stereocenters. The summed E-state index contributed by atoms with van der Waals surface area (Å²) in [6, 6.07) is 6.65. The summed E-state index contributed by atoms with van der Waals surface area (Å²) in [6.45, 7) is 6.19. The van der Waals surface area contributed by atoms with E-state index in [1.54, 1.807) is 31.2 Å². The van der Waals surface area contributed by atoms with Gasteiger partial charge in [-0.05, 0) is 63.5 Å². The second-order valence-corrected chi connectivity index (χ2v) is 6.56. The molecule has 7 heteroatoms. The van der Waals surface area contributed by atoms with Crippen LogP contribution in [-0.4, -0.2) is 55.6 Å². The average molecular weight is 376 g/mol. The van der Waals surface area contributed by atoms with Crippen molar-refractivity contribution in [2.45, 2.75) is 33.1 Å². The van der Waals surface area contributed by atoms with Crippen LogP contribution in [0.1, 0.15) is 43.5 Å². The predicted molar refractivity (Wildman–Crippen MR) is 101 cm³/mol. The van der Waals surface area contributed by atoms with Gasteiger partial charge in [-0.3, -0.25) is 14.5 Å². The number of amides is 1. The number of ether oxygens (including phenoxy) is 2. The van der Waals surface area contributed by atoms with E-state index in [0.29, 0.717) is 50.4 Å². The van der Waals surface area contributed by atoms with Crippen molar-refractivity contribution in [1.29, 1.82) is 0 Å². The molecule has 1 aliphatic rings. The summed E-state index contributed by atoms with van der Waals surface area (Å²) in [5.74, 6) is -0.687. The minimum Gasteiger partial charge on any atom is -0.466 e. The molecule has 1 fully saturated rings. The molecular formula is C20H28N2O5. The van der Waals surface area contributed by atoms with Crippen LogP contribution in [0, 0.1) is 5.92 Å². The summed E-state index contributed by atoms with van der Waals surface area (Å²) in [7, 11) is 0. The maximum Gasteiger partial charge on any atom is 0.338 e. The van der Waals surface area contributed by atoms with Gasteiger partial charge in [0.2, 0.25) is 5.91 Å². The Morgan fingerprint density at radius 1 is 1.07 bits per heavy atom. The number of carbonyl (C=O) groups is 3. The molecule has 0 atom stereocenters. The molecule has 27 heavy (non-hydrogen) atoms. The lowest BCUT2D eigenvalue weighted by Crippen LogP contribution is -2.41. The van der Waals surface area contributed by atoms with E-state index in [4.69, 9.17) is 9.47 Å². The number of benzene rings is 1. The lowest BCUT2D eigenvalue weighted by molar-refractivity contribution is -0.149. The summed E-state index contributed by atoms with van der Waals surface area (Å²) in [5.41, 5.74) is 1.09. The number of anilines is 1. The van der Waals surface area contributed by atoms with Crippen molar-refractivity contribution < 1.29 is 23.9 Å². The van der Waals surface area contributed by atoms with Crippen LogP contribution >= 0.6 is 0 Å². The van der Waals surface area contributed by atoms with E-state index in [1.165, 1.54) is 0 Å². The van der Waals surface area contributed by atoms with Crippen molar-refractivity contribution in [3.05, 3.63) is 29.8 Å². The zero-order valence-electron chi connectivity index (χ0n) is 16.0. The number of hydrogen-bond acceptors (Lipinski definition) is 6. The Labute approximate surface area is 160 Å². The number of likely N-dealkylation sites (tertiary alicyclic amines) is 1. The highest BCUT2D eigenvalue weighted by atomic mass is 16.5. The molecule has 148 valence electrons. The number of nitrogens with one attached hydrogen (secondary N) is 1. The lowest BCUT2D eigenvalue weighted by atomic mass is 9.97. The Morgan fingerprint density at radius 2 is 1.74 bits per heavy atom. The fourth-order valence-electron chi connectivity index (χ4n) is 2.96. The Hall–Kier alpha value is -2.41. The third kappa shape index (κ3) is 6.67. The van der Waals surface area contributed by atoms with Gasteiger partial charge in [0.25, 0.3) is 0 Å². The van der Waals surface area contributed by atoms with Gasteiger partial charge < -0.3 is 14.8 Å². The Balaban J connectivity index is 1.76. The normalized spacial score (nSPS) is 15.2. The first-order chi connectivity index (χ1) is 13.0. The zero-order valence-corrected chi connectivity index (χ0v) is 16.0. The molecule has 0 saturated carbocycles. The monoisotopic (exact) mass is 376 g/mol. The topological polar surface area (TPSA) is 84.9 Å². The van der Waals surface area contributed by atoms with E-state index in [2.05, 4.69) is 5.32 Å². The first kappa shape index (κ1) is 20.9. The second-order valence-electron chi connectivity index (χ2n) is 6.56. The summed E-state index contributed by atoms with van der Waals surface area (Å²) in [5, 5.41) is 2.83. The van der Waals surface area contributed by atoms with Crippen LogP contribution in [0.15, 0.2) is 24.3 Å². The summed E-state index contributed by atoms with van der Waals surface area (Å²) in [6.07, 6.45) is 2.19. The van der Waals surface area contributed by atoms with Crippen molar-refractivity contribution in [2.24, 2.45) is 5.92 Å². The van der Waals surface area contributed by atoms with Crippen LogP contribution in [0.2, 0.25) is 0 Å². The van der Waals surface area contributed by atoms with E-state index in [9.17, 15) is 14.4 Å². The number of esters is 2. The molecule has 1 aromatic rings. The number of rotatable bonds is 8. The molecular weight excluding hydrogens is 348 g/mol. The highest BCUT2D eigenvalue weighted by Crippen LogP contribution is 2.18. The van der Waals surface area contributed by atoms with Crippen LogP contribution < -0.4 is 5.32 Å². The maximum atomic E-state index is 12.2. The van der Waals surface area contributed by atoms with Crippen molar-refractivity contribution in [3.63, 3.8) is 0 Å². The number of nitrogens with zero attached hydrogens (tertiary/aromatic N) is 1. The minimum atomic E-state index is -0.362. The first-order valence-corrected chi connectivity index (χ1v) is 9.49. The van der Waals surface area contributed by atoms with Gasteiger partial charge >= 0.3 is 11.9 Å². The lowest BCUT2D eigenvalue weighted by Gasteiger charge is -2.30. The fraction of sp³-hybridized carbons (Fsp3) is 0.550. The molecule has 0 spiro atoms. The van der Waals surface area contributed by atoms with E-state index < -0.39 is 0 Å². The molecule has 0 bridgehead atoms. The van der Waals surface area contributed by atoms with Gasteiger partial charge in [0.1, 0.15) is 0 Å². The van der Waals surface area contributed by atoms with E-state index in [-0.39, 0.29) is 30.3 Å². The Morgan fingerprint density at radius 3 is 2.33 bits per heavy atom. The Kier molecular flexibility index (Phi) is 8.26. The predicted octanol–water partition coefficient (Wildman–Crippen LogP) is 2.47. The molecule has 1 N–H and O–H groups in total. The molecule has 2 rings (SSSR count). The Bertz CT molecular complexity index is 636. The molecule has 1 heterocycles. The van der Waals surface area contributed by atoms with Crippen molar-refractivity contribution in [3.8, 4) is 0 Å². The van der Waals surface area contributed by atoms with Gasteiger partial charge in [0.05, 0.1) is 31.2 Å². The van der Waals surface area contributed by atoms with Crippen LogP contribution in [0.25, 0.3) is 0 Å². The van der Waals surface area contributed by atoms with Crippen LogP contribution in [-0.2, 0) is 19.1 Å². The van der Waals surface area contributed by atoms with Gasteiger partial charge in [0.15, 0.2) is 0 Å². The molecule has 1 amide bonds. The fourth-order valence-corrected chi connectivity index (χ4v) is 2.96. The highest BCUT2D eigenvalue weighted by molar-refractivity contribution is 5.94. The summed E-state index contributed by atoms with van der Waals surface area (Å²) < 4.78 is 10.1. The minimum absolute atomic E-state index is 0.0655. The van der Waals surface area contributed by atoms with Gasteiger partial charge in [-0.2, -0.15) is 0 Å². The van der Waals surface area contributed by atoms with Gasteiger partial charge in [-0.25, -0.2) is 4.79 Å². The first-order valence-electron chi connectivity index (χ1n) is 9.49. The van der Waals surface area contributed by atoms with Crippen molar-refractivity contribution in [2.75, 3.05) is 38.2 Å². The van der Waals surface area contributed by atoms with Crippen LogP contribution in [0.5, 0.6) is 0 Å². The van der Waals surface area contributed by atoms with Crippen LogP contribution in [0.4, 0.5) is 5.69 Å². The largest absolute Gasteiger partial charge is 0.466 e. The summed E-state index contributed by atoms with van der Waals surface area (Å²) >= 11 is 0. The number of carbonyl (C=O) groups excluding carboxylic acids is 3. The quantitative estimate of drug-likeness (QED) is 0.702. The number of piperidine rings is 1. The third-order valence-electron chi connectivity index (χ3n) is 4.42. The standard InChI is InChI=1S/C20H28N2O5/c1-3-13-27-20(25)15-5-7-17(8-6-15)21-18(23)14-22-11-9-16(10-12-22)19(24)26-4-2/h5-8,16H,3-4,9-14H2,1-2H3,(H,21,23). The van der Waals surface area contributed by atoms with E-state index >= 15 is 0 Å². The molecule has 1 saturated heterocycles. The summed E-state index contributed by atoms with van der Waals surface area (Å²) in [4.78, 5) is 37.8. The molecule has 7 nitrogen and oxygen atoms in total. The second kappa shape index (κ2) is 10.7. The average Bonchev–Trinajstić information content (AvgIpc) is 2.67. The zero-order chi connectivity index (χ0) is 19.6. The molecule has 1 aliphatic heterocycles. The third-order valence-corrected chi connectivity index (χ3v) is 4.42. The van der Waals surface area contributed by atoms with Crippen molar-refractivity contribution >= 4 is 23.5 Å². The van der Waals surface area contributed by atoms with E-state index in [1.807, 2.05) is 11.8 Å². The van der Waals surface area contributed by atoms with Crippen molar-refractivity contribution in [1.82, 2.24) is 4.90 Å². The molecule has 0 aliphatic carbocycles. The molecule has 1 aromatic carbocycles.